The van der Waals surface area contributed by atoms with Crippen LogP contribution in [0.2, 0.25) is 0 Å². The first-order chi connectivity index (χ1) is 11.4. The second kappa shape index (κ2) is 5.31. The van der Waals surface area contributed by atoms with E-state index in [2.05, 4.69) is 19.6 Å². The number of ether oxygens (including phenoxy) is 1. The van der Waals surface area contributed by atoms with Crippen LogP contribution in [-0.2, 0) is 14.3 Å². The van der Waals surface area contributed by atoms with Gasteiger partial charge in [-0.15, -0.1) is 0 Å². The molecule has 2 saturated heterocycles. The number of aliphatic carboxylic acids is 1. The molecule has 128 valence electrons. The molecule has 2 fully saturated rings. The Morgan fingerprint density at radius 2 is 2.33 bits per heavy atom. The van der Waals surface area contributed by atoms with E-state index in [9.17, 15) is 14.7 Å². The van der Waals surface area contributed by atoms with Gasteiger partial charge in [0.1, 0.15) is 11.5 Å². The maximum atomic E-state index is 12.8. The zero-order chi connectivity index (χ0) is 17.1. The minimum absolute atomic E-state index is 0.0721. The van der Waals surface area contributed by atoms with Crippen LogP contribution in [0.5, 0.6) is 0 Å². The first-order valence-corrected chi connectivity index (χ1v) is 8.63. The standard InChI is InChI=1S/C19H23NO4/c1-11(2)13-5-3-12(4-6-13)9-20-10-19-8-7-14(24-19)15(18(22)23)16(19)17(20)21/h3,7-8,13-16H,1,4-6,9-10H2,2H3,(H,22,23)/t13-,14+,15-,16+,19-/m1/s1. The molecule has 4 aliphatic rings. The fourth-order valence-corrected chi connectivity index (χ4v) is 4.72. The van der Waals surface area contributed by atoms with Gasteiger partial charge < -0.3 is 14.7 Å². The van der Waals surface area contributed by atoms with Crippen molar-refractivity contribution < 1.29 is 19.4 Å². The molecule has 1 spiro atoms. The fraction of sp³-hybridized carbons (Fsp3) is 0.579. The zero-order valence-corrected chi connectivity index (χ0v) is 13.9. The van der Waals surface area contributed by atoms with Crippen LogP contribution >= 0.6 is 0 Å². The molecule has 0 radical (unpaired) electrons. The lowest BCUT2D eigenvalue weighted by Gasteiger charge is -2.26. The van der Waals surface area contributed by atoms with Crippen molar-refractivity contribution in [3.63, 3.8) is 0 Å². The third-order valence-corrected chi connectivity index (χ3v) is 6.06. The van der Waals surface area contributed by atoms with E-state index in [1.807, 2.05) is 12.2 Å². The molecule has 0 aromatic rings. The van der Waals surface area contributed by atoms with Crippen molar-refractivity contribution in [1.82, 2.24) is 4.90 Å². The highest BCUT2D eigenvalue weighted by Gasteiger charge is 2.67. The topological polar surface area (TPSA) is 66.8 Å². The number of carboxylic acids is 1. The number of likely N-dealkylation sites (tertiary alicyclic amines) is 1. The normalized spacial score (nSPS) is 40.0. The number of hydrogen-bond donors (Lipinski definition) is 1. The highest BCUT2D eigenvalue weighted by atomic mass is 16.5. The minimum Gasteiger partial charge on any atom is -0.481 e. The van der Waals surface area contributed by atoms with Gasteiger partial charge in [0.05, 0.1) is 18.6 Å². The Kier molecular flexibility index (Phi) is 3.46. The average molecular weight is 329 g/mol. The molecule has 1 aliphatic carbocycles. The summed E-state index contributed by atoms with van der Waals surface area (Å²) in [6, 6.07) is 0. The number of amides is 1. The van der Waals surface area contributed by atoms with Crippen LogP contribution in [0.15, 0.2) is 36.0 Å². The molecule has 5 nitrogen and oxygen atoms in total. The molecule has 24 heavy (non-hydrogen) atoms. The highest BCUT2D eigenvalue weighted by molar-refractivity contribution is 5.90. The summed E-state index contributed by atoms with van der Waals surface area (Å²) >= 11 is 0. The summed E-state index contributed by atoms with van der Waals surface area (Å²) in [7, 11) is 0. The number of fused-ring (bicyclic) bond motifs is 1. The fourth-order valence-electron chi connectivity index (χ4n) is 4.72. The van der Waals surface area contributed by atoms with Crippen molar-refractivity contribution in [3.05, 3.63) is 36.0 Å². The van der Waals surface area contributed by atoms with E-state index in [-0.39, 0.29) is 5.91 Å². The van der Waals surface area contributed by atoms with Crippen LogP contribution in [0.4, 0.5) is 0 Å². The van der Waals surface area contributed by atoms with E-state index in [1.165, 1.54) is 11.1 Å². The molecule has 0 unspecified atom stereocenters. The summed E-state index contributed by atoms with van der Waals surface area (Å²) in [5.41, 5.74) is 1.76. The van der Waals surface area contributed by atoms with Gasteiger partial charge >= 0.3 is 5.97 Å². The van der Waals surface area contributed by atoms with E-state index in [0.29, 0.717) is 19.0 Å². The Morgan fingerprint density at radius 1 is 1.54 bits per heavy atom. The average Bonchev–Trinajstić information content (AvgIpc) is 3.16. The molecule has 1 amide bonds. The van der Waals surface area contributed by atoms with Crippen molar-refractivity contribution in [2.75, 3.05) is 13.1 Å². The van der Waals surface area contributed by atoms with Gasteiger partial charge in [-0.25, -0.2) is 0 Å². The Balaban J connectivity index is 1.50. The van der Waals surface area contributed by atoms with Gasteiger partial charge in [-0.2, -0.15) is 0 Å². The monoisotopic (exact) mass is 329 g/mol. The van der Waals surface area contributed by atoms with Crippen molar-refractivity contribution in [2.24, 2.45) is 17.8 Å². The number of carbonyl (C=O) groups is 2. The first-order valence-electron chi connectivity index (χ1n) is 8.63. The first kappa shape index (κ1) is 15.6. The minimum atomic E-state index is -0.937. The van der Waals surface area contributed by atoms with Crippen LogP contribution in [0, 0.1) is 17.8 Å². The number of carbonyl (C=O) groups excluding carboxylic acids is 1. The Hall–Kier alpha value is -1.88. The van der Waals surface area contributed by atoms with Gasteiger partial charge in [-0.3, -0.25) is 9.59 Å². The maximum absolute atomic E-state index is 12.8. The second-order valence-corrected chi connectivity index (χ2v) is 7.61. The lowest BCUT2D eigenvalue weighted by Crippen LogP contribution is -2.39. The largest absolute Gasteiger partial charge is 0.481 e. The van der Waals surface area contributed by atoms with Crippen LogP contribution in [-0.4, -0.2) is 46.7 Å². The summed E-state index contributed by atoms with van der Waals surface area (Å²) in [5.74, 6) is -1.79. The molecule has 3 aliphatic heterocycles. The maximum Gasteiger partial charge on any atom is 0.310 e. The van der Waals surface area contributed by atoms with Gasteiger partial charge in [0.2, 0.25) is 5.91 Å². The number of allylic oxidation sites excluding steroid dienone is 2. The molecule has 5 heteroatoms. The zero-order valence-electron chi connectivity index (χ0n) is 13.9. The molecule has 4 rings (SSSR count). The number of nitrogens with zero attached hydrogens (tertiary/aromatic N) is 1. The van der Waals surface area contributed by atoms with Gasteiger partial charge in [0, 0.05) is 6.54 Å². The number of rotatable bonds is 4. The molecular weight excluding hydrogens is 306 g/mol. The molecule has 0 saturated carbocycles. The van der Waals surface area contributed by atoms with Gasteiger partial charge in [-0.1, -0.05) is 36.0 Å². The van der Waals surface area contributed by atoms with Gasteiger partial charge in [-0.05, 0) is 32.1 Å². The summed E-state index contributed by atoms with van der Waals surface area (Å²) in [6.07, 6.45) is 8.52. The van der Waals surface area contributed by atoms with E-state index >= 15 is 0 Å². The third kappa shape index (κ3) is 2.18. The van der Waals surface area contributed by atoms with E-state index in [0.717, 1.165) is 19.3 Å². The van der Waals surface area contributed by atoms with E-state index in [4.69, 9.17) is 4.74 Å². The molecule has 3 heterocycles. The third-order valence-electron chi connectivity index (χ3n) is 6.06. The summed E-state index contributed by atoms with van der Waals surface area (Å²) in [4.78, 5) is 26.2. The number of hydrogen-bond acceptors (Lipinski definition) is 3. The van der Waals surface area contributed by atoms with Crippen LogP contribution < -0.4 is 0 Å². The van der Waals surface area contributed by atoms with E-state index < -0.39 is 29.5 Å². The van der Waals surface area contributed by atoms with Crippen molar-refractivity contribution in [1.29, 1.82) is 0 Å². The summed E-state index contributed by atoms with van der Waals surface area (Å²) in [5, 5.41) is 9.48. The van der Waals surface area contributed by atoms with Crippen molar-refractivity contribution >= 4 is 11.9 Å². The lowest BCUT2D eigenvalue weighted by molar-refractivity contribution is -0.148. The molecular formula is C19H23NO4. The predicted octanol–water partition coefficient (Wildman–Crippen LogP) is 2.16. The van der Waals surface area contributed by atoms with Crippen molar-refractivity contribution in [3.8, 4) is 0 Å². The number of carboxylic acid groups (broad SMARTS) is 1. The molecule has 0 aromatic carbocycles. The second-order valence-electron chi connectivity index (χ2n) is 7.61. The Bertz CT molecular complexity index is 679. The highest BCUT2D eigenvalue weighted by Crippen LogP contribution is 2.52. The van der Waals surface area contributed by atoms with Crippen molar-refractivity contribution in [2.45, 2.75) is 37.9 Å². The molecule has 2 bridgehead atoms. The SMILES string of the molecule is C=C(C)[C@@H]1CC=C(CN2C[C@@]34C=C[C@H](O3)[C@@H](C(=O)O)[C@H]4C2=O)CC1. The Morgan fingerprint density at radius 3 is 2.96 bits per heavy atom. The van der Waals surface area contributed by atoms with Crippen LogP contribution in [0.1, 0.15) is 26.2 Å². The quantitative estimate of drug-likeness (QED) is 0.803. The van der Waals surface area contributed by atoms with Crippen LogP contribution in [0.25, 0.3) is 0 Å². The smallest absolute Gasteiger partial charge is 0.310 e. The summed E-state index contributed by atoms with van der Waals surface area (Å²) < 4.78 is 5.91. The van der Waals surface area contributed by atoms with Gasteiger partial charge in [0.25, 0.3) is 0 Å². The molecule has 0 aromatic heterocycles. The van der Waals surface area contributed by atoms with Gasteiger partial charge in [0.15, 0.2) is 0 Å². The molecule has 1 N–H and O–H groups in total. The molecule has 5 atom stereocenters. The lowest BCUT2D eigenvalue weighted by atomic mass is 9.77. The predicted molar refractivity (Wildman–Crippen MR) is 88.2 cm³/mol. The van der Waals surface area contributed by atoms with E-state index in [1.54, 1.807) is 4.90 Å². The van der Waals surface area contributed by atoms with Crippen LogP contribution in [0.3, 0.4) is 0 Å². The Labute approximate surface area is 141 Å². The summed E-state index contributed by atoms with van der Waals surface area (Å²) in [6.45, 7) is 7.16.